The van der Waals surface area contributed by atoms with E-state index >= 15 is 0 Å². The summed E-state index contributed by atoms with van der Waals surface area (Å²) in [6, 6.07) is 7.61. The molecule has 2 heterocycles. The SMILES string of the molecule is O=C(Nc1cccc(C(=O)O)n1)c1cccnc1. The standard InChI is InChI=1S/C12H9N3O3/c16-11(8-3-2-6-13-7-8)15-10-5-1-4-9(14-10)12(17)18/h1-7H,(H,17,18)(H,14,15,16). The summed E-state index contributed by atoms with van der Waals surface area (Å²) in [5, 5.41) is 11.3. The van der Waals surface area contributed by atoms with Crippen molar-refractivity contribution in [2.24, 2.45) is 0 Å². The molecule has 0 bridgehead atoms. The number of carboxylic acids is 1. The van der Waals surface area contributed by atoms with Crippen LogP contribution >= 0.6 is 0 Å². The van der Waals surface area contributed by atoms with Crippen molar-refractivity contribution in [1.82, 2.24) is 9.97 Å². The summed E-state index contributed by atoms with van der Waals surface area (Å²) in [6.07, 6.45) is 2.97. The van der Waals surface area contributed by atoms with Crippen molar-refractivity contribution < 1.29 is 14.7 Å². The van der Waals surface area contributed by atoms with Gasteiger partial charge in [0.1, 0.15) is 5.82 Å². The van der Waals surface area contributed by atoms with Gasteiger partial charge in [-0.05, 0) is 24.3 Å². The third kappa shape index (κ3) is 2.67. The lowest BCUT2D eigenvalue weighted by atomic mass is 10.2. The highest BCUT2D eigenvalue weighted by Crippen LogP contribution is 2.07. The highest BCUT2D eigenvalue weighted by Gasteiger charge is 2.09. The molecule has 18 heavy (non-hydrogen) atoms. The van der Waals surface area contributed by atoms with Gasteiger partial charge >= 0.3 is 5.97 Å². The molecular weight excluding hydrogens is 234 g/mol. The van der Waals surface area contributed by atoms with Crippen LogP contribution < -0.4 is 5.32 Å². The van der Waals surface area contributed by atoms with E-state index in [1.54, 1.807) is 18.3 Å². The number of aromatic nitrogens is 2. The van der Waals surface area contributed by atoms with Crippen LogP contribution in [0.15, 0.2) is 42.7 Å². The number of amides is 1. The van der Waals surface area contributed by atoms with Gasteiger partial charge in [-0.2, -0.15) is 0 Å². The van der Waals surface area contributed by atoms with Crippen molar-refractivity contribution in [3.63, 3.8) is 0 Å². The van der Waals surface area contributed by atoms with E-state index < -0.39 is 11.9 Å². The monoisotopic (exact) mass is 243 g/mol. The normalized spacial score (nSPS) is 9.78. The Labute approximate surface area is 102 Å². The molecule has 0 saturated carbocycles. The van der Waals surface area contributed by atoms with Gasteiger partial charge < -0.3 is 10.4 Å². The number of carboxylic acid groups (broad SMARTS) is 1. The second-order valence-electron chi connectivity index (χ2n) is 3.41. The first-order valence-electron chi connectivity index (χ1n) is 5.08. The Bertz CT molecular complexity index is 584. The van der Waals surface area contributed by atoms with E-state index in [9.17, 15) is 9.59 Å². The number of anilines is 1. The van der Waals surface area contributed by atoms with Crippen LogP contribution in [0.5, 0.6) is 0 Å². The summed E-state index contributed by atoms with van der Waals surface area (Å²) >= 11 is 0. The minimum absolute atomic E-state index is 0.126. The third-order valence-electron chi connectivity index (χ3n) is 2.13. The van der Waals surface area contributed by atoms with Gasteiger partial charge in [-0.25, -0.2) is 9.78 Å². The fraction of sp³-hybridized carbons (Fsp3) is 0. The molecule has 6 heteroatoms. The molecule has 1 amide bonds. The van der Waals surface area contributed by atoms with Crippen molar-refractivity contribution in [2.75, 3.05) is 5.32 Å². The Balaban J connectivity index is 2.17. The average Bonchev–Trinajstić information content (AvgIpc) is 2.40. The highest BCUT2D eigenvalue weighted by molar-refractivity contribution is 6.03. The topological polar surface area (TPSA) is 92.2 Å². The predicted molar refractivity (Wildman–Crippen MR) is 63.4 cm³/mol. The lowest BCUT2D eigenvalue weighted by molar-refractivity contribution is 0.0690. The van der Waals surface area contributed by atoms with Crippen molar-refractivity contribution in [3.05, 3.63) is 54.0 Å². The lowest BCUT2D eigenvalue weighted by Gasteiger charge is -2.04. The molecule has 0 aliphatic carbocycles. The average molecular weight is 243 g/mol. The molecule has 0 radical (unpaired) electrons. The fourth-order valence-corrected chi connectivity index (χ4v) is 1.31. The number of nitrogens with zero attached hydrogens (tertiary/aromatic N) is 2. The minimum atomic E-state index is -1.15. The molecule has 0 aromatic carbocycles. The van der Waals surface area contributed by atoms with Crippen LogP contribution in [0.4, 0.5) is 5.82 Å². The first-order chi connectivity index (χ1) is 8.66. The number of carbonyl (C=O) groups is 2. The van der Waals surface area contributed by atoms with E-state index in [4.69, 9.17) is 5.11 Å². The van der Waals surface area contributed by atoms with E-state index in [0.717, 1.165) is 0 Å². The molecule has 0 fully saturated rings. The maximum absolute atomic E-state index is 11.8. The number of pyridine rings is 2. The molecule has 2 rings (SSSR count). The van der Waals surface area contributed by atoms with E-state index in [1.165, 1.54) is 24.4 Å². The van der Waals surface area contributed by atoms with Gasteiger partial charge in [0.25, 0.3) is 5.91 Å². The Kier molecular flexibility index (Phi) is 3.29. The van der Waals surface area contributed by atoms with Gasteiger partial charge in [0.15, 0.2) is 5.69 Å². The van der Waals surface area contributed by atoms with Crippen molar-refractivity contribution in [2.45, 2.75) is 0 Å². The zero-order valence-electron chi connectivity index (χ0n) is 9.20. The Hall–Kier alpha value is -2.76. The summed E-state index contributed by atoms with van der Waals surface area (Å²) in [7, 11) is 0. The number of carbonyl (C=O) groups excluding carboxylic acids is 1. The quantitative estimate of drug-likeness (QED) is 0.850. The largest absolute Gasteiger partial charge is 0.477 e. The Morgan fingerprint density at radius 2 is 2.00 bits per heavy atom. The Morgan fingerprint density at radius 1 is 1.17 bits per heavy atom. The van der Waals surface area contributed by atoms with Crippen LogP contribution in [0.1, 0.15) is 20.8 Å². The highest BCUT2D eigenvalue weighted by atomic mass is 16.4. The zero-order chi connectivity index (χ0) is 13.0. The van der Waals surface area contributed by atoms with E-state index in [1.807, 2.05) is 0 Å². The van der Waals surface area contributed by atoms with Crippen LogP contribution in [0, 0.1) is 0 Å². The molecule has 6 nitrogen and oxygen atoms in total. The van der Waals surface area contributed by atoms with Crippen LogP contribution in [-0.4, -0.2) is 27.0 Å². The number of hydrogen-bond donors (Lipinski definition) is 2. The van der Waals surface area contributed by atoms with Gasteiger partial charge in [-0.3, -0.25) is 9.78 Å². The number of aromatic carboxylic acids is 1. The molecule has 0 saturated heterocycles. The van der Waals surface area contributed by atoms with Gasteiger partial charge in [0.2, 0.25) is 0 Å². The lowest BCUT2D eigenvalue weighted by Crippen LogP contribution is -2.14. The molecule has 0 aliphatic heterocycles. The summed E-state index contributed by atoms with van der Waals surface area (Å²) in [5.74, 6) is -1.35. The number of nitrogens with one attached hydrogen (secondary N) is 1. The van der Waals surface area contributed by atoms with Gasteiger partial charge in [-0.15, -0.1) is 0 Å². The molecule has 0 spiro atoms. The molecular formula is C12H9N3O3. The van der Waals surface area contributed by atoms with Crippen LogP contribution in [-0.2, 0) is 0 Å². The van der Waals surface area contributed by atoms with E-state index in [0.29, 0.717) is 5.56 Å². The van der Waals surface area contributed by atoms with Crippen LogP contribution in [0.2, 0.25) is 0 Å². The van der Waals surface area contributed by atoms with Crippen LogP contribution in [0.3, 0.4) is 0 Å². The molecule has 90 valence electrons. The molecule has 0 unspecified atom stereocenters. The van der Waals surface area contributed by atoms with Crippen LogP contribution in [0.25, 0.3) is 0 Å². The third-order valence-corrected chi connectivity index (χ3v) is 2.13. The number of hydrogen-bond acceptors (Lipinski definition) is 4. The van der Waals surface area contributed by atoms with E-state index in [-0.39, 0.29) is 11.5 Å². The summed E-state index contributed by atoms with van der Waals surface area (Å²) in [6.45, 7) is 0. The summed E-state index contributed by atoms with van der Waals surface area (Å²) in [4.78, 5) is 30.1. The molecule has 2 aromatic heterocycles. The summed E-state index contributed by atoms with van der Waals surface area (Å²) in [5.41, 5.74) is 0.249. The first-order valence-corrected chi connectivity index (χ1v) is 5.08. The Morgan fingerprint density at radius 3 is 2.67 bits per heavy atom. The van der Waals surface area contributed by atoms with Crippen molar-refractivity contribution >= 4 is 17.7 Å². The second kappa shape index (κ2) is 5.05. The maximum Gasteiger partial charge on any atom is 0.354 e. The molecule has 2 N–H and O–H groups in total. The summed E-state index contributed by atoms with van der Waals surface area (Å²) < 4.78 is 0. The molecule has 0 aliphatic rings. The van der Waals surface area contributed by atoms with Gasteiger partial charge in [0.05, 0.1) is 5.56 Å². The first kappa shape index (κ1) is 11.7. The minimum Gasteiger partial charge on any atom is -0.477 e. The predicted octanol–water partition coefficient (Wildman–Crippen LogP) is 1.43. The fourth-order valence-electron chi connectivity index (χ4n) is 1.31. The number of rotatable bonds is 3. The van der Waals surface area contributed by atoms with Crippen molar-refractivity contribution in [3.8, 4) is 0 Å². The molecule has 0 atom stereocenters. The molecule has 2 aromatic rings. The maximum atomic E-state index is 11.8. The van der Waals surface area contributed by atoms with Gasteiger partial charge in [0, 0.05) is 12.4 Å². The van der Waals surface area contributed by atoms with Crippen molar-refractivity contribution in [1.29, 1.82) is 0 Å². The van der Waals surface area contributed by atoms with Gasteiger partial charge in [-0.1, -0.05) is 6.07 Å². The zero-order valence-corrected chi connectivity index (χ0v) is 9.20. The second-order valence-corrected chi connectivity index (χ2v) is 3.41. The smallest absolute Gasteiger partial charge is 0.354 e. The van der Waals surface area contributed by atoms with E-state index in [2.05, 4.69) is 15.3 Å².